The van der Waals surface area contributed by atoms with Crippen LogP contribution in [0.2, 0.25) is 0 Å². The number of aryl methyl sites for hydroxylation is 1. The van der Waals surface area contributed by atoms with E-state index in [4.69, 9.17) is 9.84 Å². The largest absolute Gasteiger partial charge is 0.444 e. The van der Waals surface area contributed by atoms with Gasteiger partial charge in [-0.25, -0.2) is 14.8 Å². The lowest BCUT2D eigenvalue weighted by molar-refractivity contribution is 0.0634. The van der Waals surface area contributed by atoms with Crippen LogP contribution in [-0.4, -0.2) is 33.4 Å². The van der Waals surface area contributed by atoms with Gasteiger partial charge in [-0.1, -0.05) is 0 Å². The SMILES string of the molecule is CC(C)(C)OC(=O)Nc1ncc(CCCO)cn1. The van der Waals surface area contributed by atoms with Gasteiger partial charge in [-0.05, 0) is 39.2 Å². The maximum absolute atomic E-state index is 11.4. The molecule has 0 saturated heterocycles. The number of carbonyl (C=O) groups excluding carboxylic acids is 1. The van der Waals surface area contributed by atoms with Crippen LogP contribution in [0.5, 0.6) is 0 Å². The molecule has 0 saturated carbocycles. The van der Waals surface area contributed by atoms with Gasteiger partial charge in [0.05, 0.1) is 0 Å². The number of amides is 1. The Morgan fingerprint density at radius 2 is 2.00 bits per heavy atom. The molecule has 0 bridgehead atoms. The van der Waals surface area contributed by atoms with Crippen LogP contribution < -0.4 is 5.32 Å². The Morgan fingerprint density at radius 3 is 2.50 bits per heavy atom. The Kier molecular flexibility index (Phi) is 5.03. The highest BCUT2D eigenvalue weighted by Crippen LogP contribution is 2.09. The smallest absolute Gasteiger partial charge is 0.414 e. The lowest BCUT2D eigenvalue weighted by atomic mass is 10.2. The first-order chi connectivity index (χ1) is 8.40. The Bertz CT molecular complexity index is 385. The normalized spacial score (nSPS) is 11.1. The van der Waals surface area contributed by atoms with Crippen LogP contribution in [0.25, 0.3) is 0 Å². The van der Waals surface area contributed by atoms with E-state index < -0.39 is 11.7 Å². The summed E-state index contributed by atoms with van der Waals surface area (Å²) in [6.45, 7) is 5.49. The number of nitrogens with one attached hydrogen (secondary N) is 1. The first kappa shape index (κ1) is 14.4. The van der Waals surface area contributed by atoms with Crippen molar-refractivity contribution in [1.29, 1.82) is 0 Å². The van der Waals surface area contributed by atoms with Gasteiger partial charge in [0.15, 0.2) is 0 Å². The quantitative estimate of drug-likeness (QED) is 0.854. The van der Waals surface area contributed by atoms with Crippen LogP contribution in [0, 0.1) is 0 Å². The monoisotopic (exact) mass is 253 g/mol. The van der Waals surface area contributed by atoms with E-state index in [1.54, 1.807) is 33.2 Å². The molecule has 0 spiro atoms. The number of aliphatic hydroxyl groups is 1. The maximum atomic E-state index is 11.4. The predicted molar refractivity (Wildman–Crippen MR) is 67.3 cm³/mol. The molecule has 0 aliphatic heterocycles. The molecule has 100 valence electrons. The molecule has 6 nitrogen and oxygen atoms in total. The van der Waals surface area contributed by atoms with E-state index in [0.29, 0.717) is 12.8 Å². The molecule has 0 aliphatic carbocycles. The number of aromatic nitrogens is 2. The van der Waals surface area contributed by atoms with Gasteiger partial charge >= 0.3 is 6.09 Å². The van der Waals surface area contributed by atoms with Gasteiger partial charge in [-0.2, -0.15) is 0 Å². The summed E-state index contributed by atoms with van der Waals surface area (Å²) in [7, 11) is 0. The highest BCUT2D eigenvalue weighted by atomic mass is 16.6. The summed E-state index contributed by atoms with van der Waals surface area (Å²) in [6, 6.07) is 0. The van der Waals surface area contributed by atoms with Gasteiger partial charge in [-0.15, -0.1) is 0 Å². The van der Waals surface area contributed by atoms with Crippen molar-refractivity contribution in [3.8, 4) is 0 Å². The van der Waals surface area contributed by atoms with Crippen molar-refractivity contribution in [3.63, 3.8) is 0 Å². The average molecular weight is 253 g/mol. The zero-order valence-electron chi connectivity index (χ0n) is 10.9. The number of nitrogens with zero attached hydrogens (tertiary/aromatic N) is 2. The highest BCUT2D eigenvalue weighted by Gasteiger charge is 2.16. The Labute approximate surface area is 106 Å². The number of carbonyl (C=O) groups is 1. The van der Waals surface area contributed by atoms with E-state index in [-0.39, 0.29) is 12.6 Å². The number of anilines is 1. The van der Waals surface area contributed by atoms with E-state index in [2.05, 4.69) is 15.3 Å². The molecule has 0 radical (unpaired) electrons. The van der Waals surface area contributed by atoms with Gasteiger partial charge in [0, 0.05) is 19.0 Å². The molecule has 0 fully saturated rings. The molecule has 0 unspecified atom stereocenters. The number of rotatable bonds is 4. The molecule has 1 rings (SSSR count). The van der Waals surface area contributed by atoms with Crippen LogP contribution >= 0.6 is 0 Å². The van der Waals surface area contributed by atoms with Crippen molar-refractivity contribution in [2.75, 3.05) is 11.9 Å². The molecule has 0 atom stereocenters. The Morgan fingerprint density at radius 1 is 1.39 bits per heavy atom. The van der Waals surface area contributed by atoms with Crippen molar-refractivity contribution >= 4 is 12.0 Å². The van der Waals surface area contributed by atoms with E-state index >= 15 is 0 Å². The summed E-state index contributed by atoms with van der Waals surface area (Å²) < 4.78 is 5.07. The summed E-state index contributed by atoms with van der Waals surface area (Å²) in [4.78, 5) is 19.4. The maximum Gasteiger partial charge on any atom is 0.414 e. The van der Waals surface area contributed by atoms with Crippen LogP contribution in [0.15, 0.2) is 12.4 Å². The molecule has 6 heteroatoms. The molecular weight excluding hydrogens is 234 g/mol. The van der Waals surface area contributed by atoms with E-state index in [9.17, 15) is 4.79 Å². The minimum Gasteiger partial charge on any atom is -0.444 e. The molecule has 1 aromatic rings. The predicted octanol–water partition coefficient (Wildman–Crippen LogP) is 1.75. The molecule has 2 N–H and O–H groups in total. The topological polar surface area (TPSA) is 84.3 Å². The van der Waals surface area contributed by atoms with Crippen molar-refractivity contribution in [2.45, 2.75) is 39.2 Å². The third-order valence-electron chi connectivity index (χ3n) is 1.94. The number of hydrogen-bond donors (Lipinski definition) is 2. The third-order valence-corrected chi connectivity index (χ3v) is 1.94. The highest BCUT2D eigenvalue weighted by molar-refractivity contribution is 5.82. The minimum absolute atomic E-state index is 0.137. The fourth-order valence-electron chi connectivity index (χ4n) is 1.23. The minimum atomic E-state index is -0.578. The van der Waals surface area contributed by atoms with Crippen LogP contribution in [0.3, 0.4) is 0 Å². The van der Waals surface area contributed by atoms with Crippen LogP contribution in [-0.2, 0) is 11.2 Å². The molecule has 1 heterocycles. The molecule has 1 amide bonds. The summed E-state index contributed by atoms with van der Waals surface area (Å²) >= 11 is 0. The van der Waals surface area contributed by atoms with Crippen molar-refractivity contribution < 1.29 is 14.6 Å². The first-order valence-electron chi connectivity index (χ1n) is 5.82. The second-order valence-corrected chi connectivity index (χ2v) is 4.87. The number of aliphatic hydroxyl groups excluding tert-OH is 1. The lowest BCUT2D eigenvalue weighted by Gasteiger charge is -2.19. The first-order valence-corrected chi connectivity index (χ1v) is 5.82. The second kappa shape index (κ2) is 6.30. The Hall–Kier alpha value is -1.69. The standard InChI is InChI=1S/C12H19N3O3/c1-12(2,3)18-11(17)15-10-13-7-9(8-14-10)5-4-6-16/h7-8,16H,4-6H2,1-3H3,(H,13,14,15,17). The van der Waals surface area contributed by atoms with Gasteiger partial charge in [0.1, 0.15) is 5.60 Å². The summed E-state index contributed by atoms with van der Waals surface area (Å²) in [6.07, 6.45) is 4.04. The van der Waals surface area contributed by atoms with Gasteiger partial charge in [0.2, 0.25) is 5.95 Å². The molecular formula is C12H19N3O3. The number of hydrogen-bond acceptors (Lipinski definition) is 5. The van der Waals surface area contributed by atoms with Gasteiger partial charge in [0.25, 0.3) is 0 Å². The molecule has 0 aromatic carbocycles. The van der Waals surface area contributed by atoms with Crippen molar-refractivity contribution in [3.05, 3.63) is 18.0 Å². The zero-order chi connectivity index (χ0) is 13.6. The fraction of sp³-hybridized carbons (Fsp3) is 0.583. The van der Waals surface area contributed by atoms with Gasteiger partial charge in [-0.3, -0.25) is 5.32 Å². The van der Waals surface area contributed by atoms with E-state index in [0.717, 1.165) is 5.56 Å². The van der Waals surface area contributed by atoms with E-state index in [1.807, 2.05) is 0 Å². The summed E-state index contributed by atoms with van der Waals surface area (Å²) in [5.41, 5.74) is 0.365. The second-order valence-electron chi connectivity index (χ2n) is 4.87. The number of ether oxygens (including phenoxy) is 1. The van der Waals surface area contributed by atoms with E-state index in [1.165, 1.54) is 0 Å². The lowest BCUT2D eigenvalue weighted by Crippen LogP contribution is -2.27. The van der Waals surface area contributed by atoms with Crippen molar-refractivity contribution in [2.24, 2.45) is 0 Å². The summed E-state index contributed by atoms with van der Waals surface area (Å²) in [5, 5.41) is 11.1. The summed E-state index contributed by atoms with van der Waals surface area (Å²) in [5.74, 6) is 0.206. The van der Waals surface area contributed by atoms with Crippen LogP contribution in [0.1, 0.15) is 32.8 Å². The molecule has 0 aliphatic rings. The average Bonchev–Trinajstić information content (AvgIpc) is 2.25. The Balaban J connectivity index is 2.50. The fourth-order valence-corrected chi connectivity index (χ4v) is 1.23. The zero-order valence-corrected chi connectivity index (χ0v) is 10.9. The molecule has 1 aromatic heterocycles. The van der Waals surface area contributed by atoms with Crippen molar-refractivity contribution in [1.82, 2.24) is 9.97 Å². The molecule has 18 heavy (non-hydrogen) atoms. The van der Waals surface area contributed by atoms with Crippen LogP contribution in [0.4, 0.5) is 10.7 Å². The third kappa shape index (κ3) is 5.58. The van der Waals surface area contributed by atoms with Gasteiger partial charge < -0.3 is 9.84 Å².